The highest BCUT2D eigenvalue weighted by atomic mass is 16.5. The summed E-state index contributed by atoms with van der Waals surface area (Å²) >= 11 is 0. The second kappa shape index (κ2) is 11.6. The summed E-state index contributed by atoms with van der Waals surface area (Å²) in [5, 5.41) is 6.97. The zero-order valence-corrected chi connectivity index (χ0v) is 17.9. The van der Waals surface area contributed by atoms with E-state index in [1.807, 2.05) is 6.07 Å². The van der Waals surface area contributed by atoms with Gasteiger partial charge in [0.05, 0.1) is 6.61 Å². The van der Waals surface area contributed by atoms with Crippen molar-refractivity contribution in [1.29, 1.82) is 0 Å². The van der Waals surface area contributed by atoms with E-state index in [0.717, 1.165) is 43.4 Å². The van der Waals surface area contributed by atoms with Crippen molar-refractivity contribution in [2.24, 2.45) is 0 Å². The summed E-state index contributed by atoms with van der Waals surface area (Å²) in [6.07, 6.45) is 1.67. The molecule has 1 atom stereocenters. The highest BCUT2D eigenvalue weighted by Crippen LogP contribution is 2.21. The van der Waals surface area contributed by atoms with Gasteiger partial charge in [0.15, 0.2) is 0 Å². The van der Waals surface area contributed by atoms with Gasteiger partial charge < -0.3 is 19.4 Å². The van der Waals surface area contributed by atoms with Crippen LogP contribution in [0, 0.1) is 0 Å². The molecule has 0 saturated carbocycles. The minimum absolute atomic E-state index is 0.289. The van der Waals surface area contributed by atoms with Crippen LogP contribution in [0.15, 0.2) is 33.5 Å². The van der Waals surface area contributed by atoms with Gasteiger partial charge in [-0.05, 0) is 64.0 Å². The summed E-state index contributed by atoms with van der Waals surface area (Å²) in [6, 6.07) is 7.14. The van der Waals surface area contributed by atoms with Crippen LogP contribution in [0.3, 0.4) is 0 Å². The first-order valence-corrected chi connectivity index (χ1v) is 10.4. The van der Waals surface area contributed by atoms with E-state index in [1.54, 1.807) is 19.1 Å². The molecule has 0 aliphatic rings. The van der Waals surface area contributed by atoms with Crippen LogP contribution < -0.4 is 16.3 Å². The fourth-order valence-corrected chi connectivity index (χ4v) is 3.29. The molecule has 2 N–H and O–H groups in total. The van der Waals surface area contributed by atoms with Gasteiger partial charge in [0.1, 0.15) is 5.58 Å². The predicted octanol–water partition coefficient (Wildman–Crippen LogP) is 3.96. The number of hydrogen-bond acceptors (Lipinski definition) is 6. The number of amides is 1. The van der Waals surface area contributed by atoms with Crippen molar-refractivity contribution in [2.75, 3.05) is 31.6 Å². The summed E-state index contributed by atoms with van der Waals surface area (Å²) in [5.74, 6) is 0. The fourth-order valence-electron chi connectivity index (χ4n) is 3.29. The quantitative estimate of drug-likeness (QED) is 0.553. The molecule has 2 aromatic rings. The number of carbonyl (C=O) groups is 1. The molecule has 0 radical (unpaired) electrons. The Bertz CT molecular complexity index is 846. The minimum atomic E-state index is -0.537. The Hall–Kier alpha value is -2.38. The monoisotopic (exact) mass is 403 g/mol. The summed E-state index contributed by atoms with van der Waals surface area (Å²) in [4.78, 5) is 26.0. The van der Waals surface area contributed by atoms with Crippen molar-refractivity contribution >= 4 is 22.7 Å². The van der Waals surface area contributed by atoms with Gasteiger partial charge in [0.2, 0.25) is 0 Å². The average Bonchev–Trinajstić information content (AvgIpc) is 2.69. The topological polar surface area (TPSA) is 83.8 Å². The van der Waals surface area contributed by atoms with Crippen LogP contribution in [-0.4, -0.2) is 43.3 Å². The van der Waals surface area contributed by atoms with E-state index in [0.29, 0.717) is 23.9 Å². The Morgan fingerprint density at radius 2 is 1.97 bits per heavy atom. The summed E-state index contributed by atoms with van der Waals surface area (Å²) in [5.41, 5.74) is 1.44. The standard InChI is InChI=1S/C22H33N3O4/c1-5-25(6-2)12-8-9-16(4)23-15-17-13-21(26)29-20-14-18(10-11-19(17)20)24-22(27)28-7-3/h10-11,13-14,16,23H,5-9,12,15H2,1-4H3,(H,24,27)/t16-/m1/s1. The number of ether oxygens (including phenoxy) is 1. The lowest BCUT2D eigenvalue weighted by molar-refractivity contribution is 0.168. The molecule has 160 valence electrons. The second-order valence-electron chi connectivity index (χ2n) is 7.10. The van der Waals surface area contributed by atoms with Crippen LogP contribution in [0.4, 0.5) is 10.5 Å². The van der Waals surface area contributed by atoms with Crippen molar-refractivity contribution in [2.45, 2.75) is 53.1 Å². The highest BCUT2D eigenvalue weighted by molar-refractivity contribution is 5.89. The molecule has 29 heavy (non-hydrogen) atoms. The molecule has 1 heterocycles. The smallest absolute Gasteiger partial charge is 0.411 e. The molecule has 0 spiro atoms. The van der Waals surface area contributed by atoms with Gasteiger partial charge in [-0.1, -0.05) is 13.8 Å². The van der Waals surface area contributed by atoms with Crippen molar-refractivity contribution in [3.05, 3.63) is 40.2 Å². The number of nitrogens with zero attached hydrogens (tertiary/aromatic N) is 1. The first-order chi connectivity index (χ1) is 14.0. The molecule has 7 nitrogen and oxygen atoms in total. The maximum absolute atomic E-state index is 12.0. The van der Waals surface area contributed by atoms with Gasteiger partial charge in [-0.3, -0.25) is 5.32 Å². The lowest BCUT2D eigenvalue weighted by Gasteiger charge is -2.20. The maximum atomic E-state index is 12.0. The number of nitrogens with one attached hydrogen (secondary N) is 2. The molecular weight excluding hydrogens is 370 g/mol. The molecule has 0 fully saturated rings. The molecule has 1 aromatic heterocycles. The van der Waals surface area contributed by atoms with Crippen LogP contribution >= 0.6 is 0 Å². The number of rotatable bonds is 11. The third kappa shape index (κ3) is 7.18. The molecule has 1 aromatic carbocycles. The van der Waals surface area contributed by atoms with E-state index >= 15 is 0 Å². The first-order valence-electron chi connectivity index (χ1n) is 10.4. The molecule has 7 heteroatoms. The van der Waals surface area contributed by atoms with Gasteiger partial charge in [0.25, 0.3) is 0 Å². The highest BCUT2D eigenvalue weighted by Gasteiger charge is 2.10. The number of carbonyl (C=O) groups excluding carboxylic acids is 1. The number of benzene rings is 1. The van der Waals surface area contributed by atoms with Crippen LogP contribution in [0.5, 0.6) is 0 Å². The normalized spacial score (nSPS) is 12.3. The Morgan fingerprint density at radius 3 is 2.66 bits per heavy atom. The Morgan fingerprint density at radius 1 is 1.21 bits per heavy atom. The predicted molar refractivity (Wildman–Crippen MR) is 116 cm³/mol. The number of anilines is 1. The Balaban J connectivity index is 2.01. The van der Waals surface area contributed by atoms with Crippen LogP contribution in [0.25, 0.3) is 11.0 Å². The van der Waals surface area contributed by atoms with E-state index in [2.05, 4.69) is 36.3 Å². The molecule has 0 bridgehead atoms. The number of hydrogen-bond donors (Lipinski definition) is 2. The summed E-state index contributed by atoms with van der Waals surface area (Å²) in [7, 11) is 0. The van der Waals surface area contributed by atoms with E-state index < -0.39 is 11.7 Å². The van der Waals surface area contributed by atoms with Crippen LogP contribution in [0.1, 0.15) is 46.1 Å². The molecule has 0 aliphatic heterocycles. The van der Waals surface area contributed by atoms with Gasteiger partial charge in [0, 0.05) is 35.8 Å². The van der Waals surface area contributed by atoms with E-state index in [1.165, 1.54) is 6.07 Å². The SMILES string of the molecule is CCOC(=O)Nc1ccc2c(CN[C@H](C)CCCN(CC)CC)cc(=O)oc2c1. The second-order valence-corrected chi connectivity index (χ2v) is 7.10. The van der Waals surface area contributed by atoms with Crippen molar-refractivity contribution < 1.29 is 13.9 Å². The fraction of sp³-hybridized carbons (Fsp3) is 0.545. The molecule has 2 rings (SSSR count). The average molecular weight is 404 g/mol. The van der Waals surface area contributed by atoms with Crippen LogP contribution in [-0.2, 0) is 11.3 Å². The van der Waals surface area contributed by atoms with Gasteiger partial charge >= 0.3 is 11.7 Å². The van der Waals surface area contributed by atoms with Crippen molar-refractivity contribution in [1.82, 2.24) is 10.2 Å². The van der Waals surface area contributed by atoms with Crippen molar-refractivity contribution in [3.63, 3.8) is 0 Å². The summed E-state index contributed by atoms with van der Waals surface area (Å²) in [6.45, 7) is 12.4. The molecule has 1 amide bonds. The lowest BCUT2D eigenvalue weighted by Crippen LogP contribution is -2.29. The lowest BCUT2D eigenvalue weighted by atomic mass is 10.1. The molecule has 0 saturated heterocycles. The first kappa shape index (κ1) is 22.9. The largest absolute Gasteiger partial charge is 0.450 e. The van der Waals surface area contributed by atoms with Crippen LogP contribution in [0.2, 0.25) is 0 Å². The van der Waals surface area contributed by atoms with Gasteiger partial charge in [-0.15, -0.1) is 0 Å². The third-order valence-electron chi connectivity index (χ3n) is 5.00. The summed E-state index contributed by atoms with van der Waals surface area (Å²) < 4.78 is 10.2. The molecular formula is C22H33N3O4. The van der Waals surface area contributed by atoms with E-state index in [-0.39, 0.29) is 6.61 Å². The van der Waals surface area contributed by atoms with Gasteiger partial charge in [-0.25, -0.2) is 9.59 Å². The zero-order chi connectivity index (χ0) is 21.2. The van der Waals surface area contributed by atoms with E-state index in [9.17, 15) is 9.59 Å². The molecule has 0 unspecified atom stereocenters. The minimum Gasteiger partial charge on any atom is -0.450 e. The van der Waals surface area contributed by atoms with Crippen molar-refractivity contribution in [3.8, 4) is 0 Å². The van der Waals surface area contributed by atoms with Gasteiger partial charge in [-0.2, -0.15) is 0 Å². The number of fused-ring (bicyclic) bond motifs is 1. The Labute approximate surface area is 172 Å². The Kier molecular flexibility index (Phi) is 9.15. The maximum Gasteiger partial charge on any atom is 0.411 e. The zero-order valence-electron chi connectivity index (χ0n) is 17.9. The third-order valence-corrected chi connectivity index (χ3v) is 5.00. The molecule has 0 aliphatic carbocycles. The van der Waals surface area contributed by atoms with E-state index in [4.69, 9.17) is 9.15 Å².